The Morgan fingerprint density at radius 3 is 2.85 bits per heavy atom. The topological polar surface area (TPSA) is 63.1 Å². The Morgan fingerprint density at radius 2 is 2.31 bits per heavy atom. The number of aromatic hydroxyl groups is 1. The van der Waals surface area contributed by atoms with Crippen LogP contribution in [0.3, 0.4) is 0 Å². The van der Waals surface area contributed by atoms with Crippen molar-refractivity contribution in [3.05, 3.63) is 17.7 Å². The summed E-state index contributed by atoms with van der Waals surface area (Å²) in [5, 5.41) is 9.26. The molecule has 0 aliphatic heterocycles. The van der Waals surface area contributed by atoms with E-state index in [1.807, 2.05) is 0 Å². The van der Waals surface area contributed by atoms with Crippen LogP contribution in [0.2, 0.25) is 0 Å². The molecule has 1 aliphatic rings. The third-order valence-electron chi connectivity index (χ3n) is 2.06. The maximum Gasteiger partial charge on any atom is 0.182 e. The van der Waals surface area contributed by atoms with Gasteiger partial charge in [0.25, 0.3) is 0 Å². The van der Waals surface area contributed by atoms with E-state index in [0.717, 1.165) is 12.8 Å². The van der Waals surface area contributed by atoms with Crippen LogP contribution in [0.15, 0.2) is 6.20 Å². The Morgan fingerprint density at radius 1 is 1.62 bits per heavy atom. The highest BCUT2D eigenvalue weighted by atomic mass is 16.3. The summed E-state index contributed by atoms with van der Waals surface area (Å²) in [6.07, 6.45) is 3.47. The summed E-state index contributed by atoms with van der Waals surface area (Å²) in [7, 11) is 0. The molecule has 0 bridgehead atoms. The zero-order valence-corrected chi connectivity index (χ0v) is 7.32. The number of carbonyl (C=O) groups excluding carboxylic acids is 1. The quantitative estimate of drug-likeness (QED) is 0.692. The minimum Gasteiger partial charge on any atom is -0.504 e. The molecule has 0 aromatic carbocycles. The first-order valence-electron chi connectivity index (χ1n) is 4.25. The first-order valence-corrected chi connectivity index (χ1v) is 4.25. The van der Waals surface area contributed by atoms with Gasteiger partial charge in [-0.15, -0.1) is 0 Å². The fourth-order valence-corrected chi connectivity index (χ4v) is 1.19. The first-order chi connectivity index (χ1) is 6.18. The Kier molecular flexibility index (Phi) is 1.76. The van der Waals surface area contributed by atoms with Crippen LogP contribution < -0.4 is 0 Å². The SMILES string of the molecule is CC(=O)c1nc(C2CC2)ncc1O. The molecule has 13 heavy (non-hydrogen) atoms. The van der Waals surface area contributed by atoms with E-state index in [9.17, 15) is 9.90 Å². The van der Waals surface area contributed by atoms with Crippen molar-refractivity contribution in [2.45, 2.75) is 25.7 Å². The van der Waals surface area contributed by atoms with Crippen LogP contribution in [0.4, 0.5) is 0 Å². The van der Waals surface area contributed by atoms with Crippen molar-refractivity contribution in [2.24, 2.45) is 0 Å². The van der Waals surface area contributed by atoms with Crippen molar-refractivity contribution in [3.63, 3.8) is 0 Å². The third kappa shape index (κ3) is 1.52. The molecule has 1 aromatic heterocycles. The summed E-state index contributed by atoms with van der Waals surface area (Å²) in [6.45, 7) is 1.39. The molecule has 0 atom stereocenters. The van der Waals surface area contributed by atoms with Crippen LogP contribution in [0, 0.1) is 0 Å². The number of Topliss-reactive ketones (excluding diaryl/α,β-unsaturated/α-hetero) is 1. The van der Waals surface area contributed by atoms with Crippen LogP contribution in [0.1, 0.15) is 42.0 Å². The number of aromatic nitrogens is 2. The van der Waals surface area contributed by atoms with Gasteiger partial charge in [-0.2, -0.15) is 0 Å². The molecule has 1 aromatic rings. The predicted molar refractivity (Wildman–Crippen MR) is 45.7 cm³/mol. The Hall–Kier alpha value is -1.45. The molecule has 1 aliphatic carbocycles. The fourth-order valence-electron chi connectivity index (χ4n) is 1.19. The average Bonchev–Trinajstić information content (AvgIpc) is 2.87. The standard InChI is InChI=1S/C9H10N2O2/c1-5(12)8-7(13)4-10-9(11-8)6-2-3-6/h4,6,13H,2-3H2,1H3. The third-order valence-corrected chi connectivity index (χ3v) is 2.06. The highest BCUT2D eigenvalue weighted by Gasteiger charge is 2.27. The molecule has 1 N–H and O–H groups in total. The molecule has 2 rings (SSSR count). The molecule has 4 nitrogen and oxygen atoms in total. The number of rotatable bonds is 2. The van der Waals surface area contributed by atoms with Gasteiger partial charge in [0.1, 0.15) is 5.82 Å². The van der Waals surface area contributed by atoms with Gasteiger partial charge in [-0.25, -0.2) is 9.97 Å². The molecule has 0 radical (unpaired) electrons. The van der Waals surface area contributed by atoms with E-state index in [1.54, 1.807) is 0 Å². The van der Waals surface area contributed by atoms with Gasteiger partial charge in [-0.3, -0.25) is 4.79 Å². The van der Waals surface area contributed by atoms with Crippen LogP contribution in [0.25, 0.3) is 0 Å². The second kappa shape index (κ2) is 2.80. The number of nitrogens with zero attached hydrogens (tertiary/aromatic N) is 2. The second-order valence-corrected chi connectivity index (χ2v) is 3.29. The summed E-state index contributed by atoms with van der Waals surface area (Å²) in [4.78, 5) is 19.0. The molecule has 4 heteroatoms. The smallest absolute Gasteiger partial charge is 0.182 e. The zero-order valence-electron chi connectivity index (χ0n) is 7.32. The summed E-state index contributed by atoms with van der Waals surface area (Å²) in [5.41, 5.74) is 0.136. The van der Waals surface area contributed by atoms with Gasteiger partial charge in [0.15, 0.2) is 17.2 Å². The number of carbonyl (C=O) groups is 1. The second-order valence-electron chi connectivity index (χ2n) is 3.29. The minimum absolute atomic E-state index is 0.128. The van der Waals surface area contributed by atoms with Crippen molar-refractivity contribution >= 4 is 5.78 Å². The van der Waals surface area contributed by atoms with Crippen LogP contribution >= 0.6 is 0 Å². The molecule has 1 saturated carbocycles. The summed E-state index contributed by atoms with van der Waals surface area (Å²) >= 11 is 0. The van der Waals surface area contributed by atoms with Gasteiger partial charge >= 0.3 is 0 Å². The first kappa shape index (κ1) is 8.16. The molecule has 0 spiro atoms. The summed E-state index contributed by atoms with van der Waals surface area (Å²) < 4.78 is 0. The van der Waals surface area contributed by atoms with Crippen LogP contribution in [0.5, 0.6) is 5.75 Å². The zero-order chi connectivity index (χ0) is 9.42. The van der Waals surface area contributed by atoms with Gasteiger partial charge in [-0.1, -0.05) is 0 Å². The van der Waals surface area contributed by atoms with Gasteiger partial charge in [0, 0.05) is 12.8 Å². The van der Waals surface area contributed by atoms with Crippen LogP contribution in [-0.2, 0) is 0 Å². The molecular weight excluding hydrogens is 168 g/mol. The maximum absolute atomic E-state index is 11.0. The van der Waals surface area contributed by atoms with Gasteiger partial charge in [0.05, 0.1) is 6.20 Å². The molecule has 0 amide bonds. The number of hydrogen-bond donors (Lipinski definition) is 1. The van der Waals surface area contributed by atoms with Crippen molar-refractivity contribution in [1.82, 2.24) is 9.97 Å². The van der Waals surface area contributed by atoms with Crippen LogP contribution in [-0.4, -0.2) is 20.9 Å². The lowest BCUT2D eigenvalue weighted by molar-refractivity contribution is 0.100. The highest BCUT2D eigenvalue weighted by molar-refractivity contribution is 5.94. The van der Waals surface area contributed by atoms with Crippen molar-refractivity contribution in [2.75, 3.05) is 0 Å². The normalized spacial score (nSPS) is 15.8. The minimum atomic E-state index is -0.221. The highest BCUT2D eigenvalue weighted by Crippen LogP contribution is 2.38. The number of hydrogen-bond acceptors (Lipinski definition) is 4. The Balaban J connectivity index is 2.41. The van der Waals surface area contributed by atoms with Gasteiger partial charge in [0.2, 0.25) is 0 Å². The monoisotopic (exact) mass is 178 g/mol. The fraction of sp³-hybridized carbons (Fsp3) is 0.444. The van der Waals surface area contributed by atoms with E-state index in [2.05, 4.69) is 9.97 Å². The summed E-state index contributed by atoms with van der Waals surface area (Å²) in [6, 6.07) is 0. The van der Waals surface area contributed by atoms with Crippen molar-refractivity contribution in [1.29, 1.82) is 0 Å². The largest absolute Gasteiger partial charge is 0.504 e. The molecule has 0 saturated heterocycles. The van der Waals surface area contributed by atoms with E-state index in [1.165, 1.54) is 13.1 Å². The maximum atomic E-state index is 11.0. The lowest BCUT2D eigenvalue weighted by atomic mass is 10.2. The average molecular weight is 178 g/mol. The molecular formula is C9H10N2O2. The Bertz CT molecular complexity index is 359. The van der Waals surface area contributed by atoms with Gasteiger partial charge in [-0.05, 0) is 12.8 Å². The van der Waals surface area contributed by atoms with E-state index in [0.29, 0.717) is 11.7 Å². The molecule has 0 unspecified atom stereocenters. The lowest BCUT2D eigenvalue weighted by Gasteiger charge is -2.01. The molecule has 68 valence electrons. The predicted octanol–water partition coefficient (Wildman–Crippen LogP) is 1.26. The van der Waals surface area contributed by atoms with E-state index in [-0.39, 0.29) is 17.2 Å². The Labute approximate surface area is 75.6 Å². The molecule has 1 heterocycles. The number of ketones is 1. The molecule has 1 fully saturated rings. The van der Waals surface area contributed by atoms with Crippen molar-refractivity contribution < 1.29 is 9.90 Å². The van der Waals surface area contributed by atoms with E-state index in [4.69, 9.17) is 0 Å². The van der Waals surface area contributed by atoms with Crippen molar-refractivity contribution in [3.8, 4) is 5.75 Å². The lowest BCUT2D eigenvalue weighted by Crippen LogP contribution is -2.02. The van der Waals surface area contributed by atoms with E-state index >= 15 is 0 Å². The summed E-state index contributed by atoms with van der Waals surface area (Å²) in [5.74, 6) is 0.736. The van der Waals surface area contributed by atoms with Gasteiger partial charge < -0.3 is 5.11 Å². The van der Waals surface area contributed by atoms with E-state index < -0.39 is 0 Å².